The molecule has 2 heterocycles. The fraction of sp³-hybridized carbons (Fsp3) is 0.462. The van der Waals surface area contributed by atoms with Gasteiger partial charge >= 0.3 is 12.3 Å². The first-order valence-corrected chi connectivity index (χ1v) is 13.8. The summed E-state index contributed by atoms with van der Waals surface area (Å²) in [6.45, 7) is 7.21. The highest BCUT2D eigenvalue weighted by atomic mass is 32.2. The highest BCUT2D eigenvalue weighted by Gasteiger charge is 2.39. The summed E-state index contributed by atoms with van der Waals surface area (Å²) in [4.78, 5) is 26.2. The van der Waals surface area contributed by atoms with Crippen molar-refractivity contribution in [2.45, 2.75) is 69.4 Å². The van der Waals surface area contributed by atoms with Crippen LogP contribution in [0.2, 0.25) is 0 Å². The SMILES string of the molecule is CC1CCN1C(=O)C[C@H]1CN(S(=O)(=O)c2cccc(C(F)(F)F)c2)c2cc(NC(=O)OC(C)(C)C)ccc2O1. The monoisotopic (exact) mass is 569 g/mol. The number of sulfonamides is 1. The number of likely N-dealkylation sites (tertiary alicyclic amines) is 1. The van der Waals surface area contributed by atoms with Crippen molar-refractivity contribution < 1.29 is 40.7 Å². The van der Waals surface area contributed by atoms with Crippen LogP contribution in [0.25, 0.3) is 0 Å². The molecule has 2 amide bonds. The Morgan fingerprint density at radius 2 is 1.85 bits per heavy atom. The van der Waals surface area contributed by atoms with E-state index in [9.17, 15) is 31.2 Å². The van der Waals surface area contributed by atoms with Crippen LogP contribution in [-0.4, -0.2) is 56.2 Å². The van der Waals surface area contributed by atoms with E-state index in [0.717, 1.165) is 28.9 Å². The predicted molar refractivity (Wildman–Crippen MR) is 137 cm³/mol. The molecule has 2 aliphatic heterocycles. The number of hydrogen-bond acceptors (Lipinski definition) is 6. The van der Waals surface area contributed by atoms with Gasteiger partial charge in [-0.05, 0) is 70.5 Å². The van der Waals surface area contributed by atoms with E-state index >= 15 is 0 Å². The highest BCUT2D eigenvalue weighted by Crippen LogP contribution is 2.40. The Hall–Kier alpha value is -3.48. The maximum absolute atomic E-state index is 13.7. The quantitative estimate of drug-likeness (QED) is 0.542. The molecule has 39 heavy (non-hydrogen) atoms. The summed E-state index contributed by atoms with van der Waals surface area (Å²) in [6, 6.07) is 7.74. The average molecular weight is 570 g/mol. The van der Waals surface area contributed by atoms with E-state index in [1.807, 2.05) is 6.92 Å². The molecule has 1 saturated heterocycles. The lowest BCUT2D eigenvalue weighted by Gasteiger charge is -2.41. The molecule has 0 aliphatic carbocycles. The average Bonchev–Trinajstić information content (AvgIpc) is 2.81. The molecular weight excluding hydrogens is 539 g/mol. The summed E-state index contributed by atoms with van der Waals surface area (Å²) in [5.41, 5.74) is -1.72. The topological polar surface area (TPSA) is 105 Å². The lowest BCUT2D eigenvalue weighted by Crippen LogP contribution is -2.52. The molecule has 0 radical (unpaired) electrons. The second-order valence-corrected chi connectivity index (χ2v) is 12.4. The van der Waals surface area contributed by atoms with E-state index in [1.54, 1.807) is 25.7 Å². The van der Waals surface area contributed by atoms with Crippen LogP contribution in [0.5, 0.6) is 5.75 Å². The van der Waals surface area contributed by atoms with Crippen molar-refractivity contribution in [3.63, 3.8) is 0 Å². The van der Waals surface area contributed by atoms with Gasteiger partial charge in [0.1, 0.15) is 17.5 Å². The lowest BCUT2D eigenvalue weighted by atomic mass is 10.0. The number of nitrogens with zero attached hydrogens (tertiary/aromatic N) is 2. The van der Waals surface area contributed by atoms with Crippen LogP contribution in [0.15, 0.2) is 47.4 Å². The number of carbonyl (C=O) groups is 2. The minimum Gasteiger partial charge on any atom is -0.486 e. The molecule has 1 N–H and O–H groups in total. The molecule has 2 atom stereocenters. The zero-order chi connectivity index (χ0) is 28.8. The molecule has 4 rings (SSSR count). The zero-order valence-electron chi connectivity index (χ0n) is 21.9. The number of amides is 2. The number of benzene rings is 2. The molecule has 1 fully saturated rings. The van der Waals surface area contributed by atoms with Crippen LogP contribution in [0.4, 0.5) is 29.3 Å². The third-order valence-corrected chi connectivity index (χ3v) is 8.10. The van der Waals surface area contributed by atoms with Gasteiger partial charge in [0.15, 0.2) is 0 Å². The van der Waals surface area contributed by atoms with Gasteiger partial charge in [0.05, 0.1) is 29.1 Å². The van der Waals surface area contributed by atoms with E-state index in [4.69, 9.17) is 9.47 Å². The molecule has 0 spiro atoms. The first kappa shape index (κ1) is 28.5. The van der Waals surface area contributed by atoms with E-state index in [2.05, 4.69) is 5.32 Å². The molecule has 0 saturated carbocycles. The Kier molecular flexibility index (Phi) is 7.50. The Morgan fingerprint density at radius 1 is 1.13 bits per heavy atom. The first-order valence-electron chi connectivity index (χ1n) is 12.3. The van der Waals surface area contributed by atoms with E-state index in [0.29, 0.717) is 12.6 Å². The van der Waals surface area contributed by atoms with Crippen LogP contribution in [0.1, 0.15) is 46.1 Å². The maximum Gasteiger partial charge on any atom is 0.416 e. The van der Waals surface area contributed by atoms with Gasteiger partial charge in [-0.3, -0.25) is 14.4 Å². The zero-order valence-corrected chi connectivity index (χ0v) is 22.7. The number of rotatable bonds is 5. The number of nitrogens with one attached hydrogen (secondary N) is 1. The molecule has 2 aromatic carbocycles. The van der Waals surface area contributed by atoms with Crippen LogP contribution >= 0.6 is 0 Å². The minimum absolute atomic E-state index is 0.00184. The Morgan fingerprint density at radius 3 is 2.44 bits per heavy atom. The van der Waals surface area contributed by atoms with Crippen LogP contribution in [-0.2, 0) is 25.7 Å². The standard InChI is InChI=1S/C26H30F3N3O6S/c1-16-10-11-31(16)23(33)14-19-15-32(39(35,36)20-7-5-6-17(12-20)26(27,28)29)21-13-18(8-9-22(21)37-19)30-24(34)38-25(2,3)4/h5-9,12-13,16,19H,10-11,14-15H2,1-4H3,(H,30,34)/t16?,19-/m0/s1. The van der Waals surface area contributed by atoms with Crippen molar-refractivity contribution in [3.8, 4) is 5.75 Å². The van der Waals surface area contributed by atoms with E-state index in [1.165, 1.54) is 18.2 Å². The molecule has 0 bridgehead atoms. The summed E-state index contributed by atoms with van der Waals surface area (Å²) in [7, 11) is -4.54. The summed E-state index contributed by atoms with van der Waals surface area (Å²) < 4.78 is 79.7. The van der Waals surface area contributed by atoms with Crippen molar-refractivity contribution in [1.82, 2.24) is 4.90 Å². The third kappa shape index (κ3) is 6.40. The lowest BCUT2D eigenvalue weighted by molar-refractivity contribution is -0.140. The largest absolute Gasteiger partial charge is 0.486 e. The van der Waals surface area contributed by atoms with Crippen molar-refractivity contribution >= 4 is 33.4 Å². The van der Waals surface area contributed by atoms with Crippen molar-refractivity contribution in [1.29, 1.82) is 0 Å². The number of halogens is 3. The molecule has 13 heteroatoms. The predicted octanol–water partition coefficient (Wildman–Crippen LogP) is 5.02. The van der Waals surface area contributed by atoms with Crippen molar-refractivity contribution in [3.05, 3.63) is 48.0 Å². The van der Waals surface area contributed by atoms with Gasteiger partial charge in [-0.15, -0.1) is 0 Å². The van der Waals surface area contributed by atoms with Gasteiger partial charge in [0.2, 0.25) is 5.91 Å². The fourth-order valence-electron chi connectivity index (χ4n) is 4.30. The Labute approximate surface area is 224 Å². The maximum atomic E-state index is 13.7. The summed E-state index contributed by atoms with van der Waals surface area (Å²) in [5, 5.41) is 2.52. The summed E-state index contributed by atoms with van der Waals surface area (Å²) in [5.74, 6) is -0.108. The van der Waals surface area contributed by atoms with Gasteiger partial charge in [-0.25, -0.2) is 13.2 Å². The van der Waals surface area contributed by atoms with Crippen molar-refractivity contribution in [2.75, 3.05) is 22.7 Å². The molecule has 0 aromatic heterocycles. The van der Waals surface area contributed by atoms with Gasteiger partial charge in [0, 0.05) is 18.3 Å². The van der Waals surface area contributed by atoms with Gasteiger partial charge in [-0.2, -0.15) is 13.2 Å². The Balaban J connectivity index is 1.70. The molecule has 1 unspecified atom stereocenters. The second kappa shape index (κ2) is 10.2. The van der Waals surface area contributed by atoms with Gasteiger partial charge < -0.3 is 14.4 Å². The van der Waals surface area contributed by atoms with E-state index < -0.39 is 44.5 Å². The Bertz CT molecular complexity index is 1370. The summed E-state index contributed by atoms with van der Waals surface area (Å²) >= 11 is 0. The molecule has 2 aromatic rings. The summed E-state index contributed by atoms with van der Waals surface area (Å²) in [6.07, 6.45) is -5.66. The van der Waals surface area contributed by atoms with Gasteiger partial charge in [0.25, 0.3) is 10.0 Å². The van der Waals surface area contributed by atoms with E-state index in [-0.39, 0.29) is 42.0 Å². The number of carbonyl (C=O) groups excluding carboxylic acids is 2. The van der Waals surface area contributed by atoms with Gasteiger partial charge in [-0.1, -0.05) is 6.07 Å². The normalized spacial score (nSPS) is 19.5. The van der Waals surface area contributed by atoms with Crippen LogP contribution in [0, 0.1) is 0 Å². The highest BCUT2D eigenvalue weighted by molar-refractivity contribution is 7.92. The van der Waals surface area contributed by atoms with Crippen molar-refractivity contribution in [2.24, 2.45) is 0 Å². The number of ether oxygens (including phenoxy) is 2. The molecule has 9 nitrogen and oxygen atoms in total. The molecule has 212 valence electrons. The fourth-order valence-corrected chi connectivity index (χ4v) is 5.85. The number of fused-ring (bicyclic) bond motifs is 1. The number of hydrogen-bond donors (Lipinski definition) is 1. The number of anilines is 2. The second-order valence-electron chi connectivity index (χ2n) is 10.5. The first-order chi connectivity index (χ1) is 18.0. The molecular formula is C26H30F3N3O6S. The number of alkyl halides is 3. The third-order valence-electron chi connectivity index (χ3n) is 6.33. The van der Waals surface area contributed by atoms with Crippen LogP contribution < -0.4 is 14.4 Å². The smallest absolute Gasteiger partial charge is 0.416 e. The molecule has 2 aliphatic rings. The van der Waals surface area contributed by atoms with Crippen LogP contribution in [0.3, 0.4) is 0 Å². The minimum atomic E-state index is -4.75.